The molecule has 0 spiro atoms. The van der Waals surface area contributed by atoms with Gasteiger partial charge in [-0.1, -0.05) is 28.1 Å². The summed E-state index contributed by atoms with van der Waals surface area (Å²) in [5.41, 5.74) is 8.76. The summed E-state index contributed by atoms with van der Waals surface area (Å²) in [7, 11) is 0. The van der Waals surface area contributed by atoms with Gasteiger partial charge in [0.05, 0.1) is 30.7 Å². The highest BCUT2D eigenvalue weighted by Crippen LogP contribution is 2.30. The van der Waals surface area contributed by atoms with E-state index in [0.717, 1.165) is 29.8 Å². The maximum atomic E-state index is 6.44. The van der Waals surface area contributed by atoms with Crippen molar-refractivity contribution in [1.82, 2.24) is 9.55 Å². The average Bonchev–Trinajstić information content (AvgIpc) is 3.18. The minimum atomic E-state index is -0.0205. The van der Waals surface area contributed by atoms with Crippen molar-refractivity contribution in [2.75, 3.05) is 13.2 Å². The van der Waals surface area contributed by atoms with Crippen LogP contribution in [0.4, 0.5) is 0 Å². The maximum absolute atomic E-state index is 6.44. The van der Waals surface area contributed by atoms with Gasteiger partial charge in [0.2, 0.25) is 0 Å². The summed E-state index contributed by atoms with van der Waals surface area (Å²) < 4.78 is 8.72. The molecule has 1 fully saturated rings. The number of aromatic nitrogens is 2. The first-order valence-electron chi connectivity index (χ1n) is 7.27. The summed E-state index contributed by atoms with van der Waals surface area (Å²) in [4.78, 5) is 4.31. The quantitative estimate of drug-likeness (QED) is 0.921. The molecule has 3 rings (SSSR count). The summed E-state index contributed by atoms with van der Waals surface area (Å²) in [6.07, 6.45) is 4.79. The second-order valence-electron chi connectivity index (χ2n) is 5.60. The smallest absolute Gasteiger partial charge is 0.0954 e. The van der Waals surface area contributed by atoms with E-state index >= 15 is 0 Å². The van der Waals surface area contributed by atoms with Gasteiger partial charge in [0.15, 0.2) is 0 Å². The fourth-order valence-corrected chi connectivity index (χ4v) is 3.14. The Morgan fingerprint density at radius 3 is 2.81 bits per heavy atom. The fraction of sp³-hybridized carbons (Fsp3) is 0.438. The van der Waals surface area contributed by atoms with Crippen LogP contribution in [0.3, 0.4) is 0 Å². The Labute approximate surface area is 133 Å². The molecule has 2 heterocycles. The molecule has 0 saturated carbocycles. The van der Waals surface area contributed by atoms with E-state index in [1.54, 1.807) is 0 Å². The van der Waals surface area contributed by atoms with Crippen LogP contribution in [0.25, 0.3) is 0 Å². The highest BCUT2D eigenvalue weighted by molar-refractivity contribution is 9.10. The topological polar surface area (TPSA) is 53.1 Å². The molecule has 4 nitrogen and oxygen atoms in total. The summed E-state index contributed by atoms with van der Waals surface area (Å²) >= 11 is 3.47. The summed E-state index contributed by atoms with van der Waals surface area (Å²) in [6.45, 7) is 3.74. The Balaban J connectivity index is 1.85. The molecule has 21 heavy (non-hydrogen) atoms. The molecule has 0 amide bonds. The molecular formula is C16H20BrN3O. The number of ether oxygens (including phenoxy) is 1. The van der Waals surface area contributed by atoms with Gasteiger partial charge in [-0.3, -0.25) is 0 Å². The third-order valence-electron chi connectivity index (χ3n) is 4.28. The lowest BCUT2D eigenvalue weighted by Crippen LogP contribution is -2.25. The molecule has 1 aliphatic rings. The first-order valence-corrected chi connectivity index (χ1v) is 8.06. The zero-order valence-electron chi connectivity index (χ0n) is 12.1. The normalized spacial score (nSPS) is 21.4. The minimum absolute atomic E-state index is 0.0205. The van der Waals surface area contributed by atoms with Gasteiger partial charge in [-0.05, 0) is 31.0 Å². The van der Waals surface area contributed by atoms with Gasteiger partial charge in [-0.15, -0.1) is 0 Å². The molecule has 3 unspecified atom stereocenters. The lowest BCUT2D eigenvalue weighted by atomic mass is 9.96. The Kier molecular flexibility index (Phi) is 4.42. The van der Waals surface area contributed by atoms with Crippen molar-refractivity contribution in [3.63, 3.8) is 0 Å². The Morgan fingerprint density at radius 1 is 1.38 bits per heavy atom. The van der Waals surface area contributed by atoms with E-state index in [4.69, 9.17) is 10.5 Å². The highest BCUT2D eigenvalue weighted by Gasteiger charge is 2.27. The summed E-state index contributed by atoms with van der Waals surface area (Å²) in [6, 6.07) is 8.57. The van der Waals surface area contributed by atoms with Crippen molar-refractivity contribution in [2.24, 2.45) is 11.7 Å². The SMILES string of the molecule is CC(c1ccc(Br)cc1)n1cncc1C(N)C1CCOC1. The average molecular weight is 350 g/mol. The van der Waals surface area contributed by atoms with Crippen LogP contribution < -0.4 is 5.73 Å². The maximum Gasteiger partial charge on any atom is 0.0954 e. The van der Waals surface area contributed by atoms with Crippen LogP contribution in [-0.2, 0) is 4.74 Å². The van der Waals surface area contributed by atoms with E-state index in [1.165, 1.54) is 5.56 Å². The number of hydrogen-bond acceptors (Lipinski definition) is 3. The van der Waals surface area contributed by atoms with E-state index in [9.17, 15) is 0 Å². The van der Waals surface area contributed by atoms with Crippen molar-refractivity contribution >= 4 is 15.9 Å². The van der Waals surface area contributed by atoms with E-state index in [0.29, 0.717) is 5.92 Å². The zero-order chi connectivity index (χ0) is 14.8. The van der Waals surface area contributed by atoms with Gasteiger partial charge in [0.25, 0.3) is 0 Å². The van der Waals surface area contributed by atoms with Gasteiger partial charge in [-0.2, -0.15) is 0 Å². The number of benzene rings is 1. The molecule has 1 aliphatic heterocycles. The van der Waals surface area contributed by atoms with Crippen LogP contribution in [0.1, 0.15) is 36.7 Å². The first kappa shape index (κ1) is 14.8. The molecule has 1 aromatic heterocycles. The second kappa shape index (κ2) is 6.30. The monoisotopic (exact) mass is 349 g/mol. The van der Waals surface area contributed by atoms with Gasteiger partial charge >= 0.3 is 0 Å². The molecule has 2 aromatic rings. The van der Waals surface area contributed by atoms with Crippen molar-refractivity contribution in [3.8, 4) is 0 Å². The molecule has 1 aromatic carbocycles. The predicted molar refractivity (Wildman–Crippen MR) is 86.0 cm³/mol. The van der Waals surface area contributed by atoms with Crippen LogP contribution in [0.15, 0.2) is 41.3 Å². The van der Waals surface area contributed by atoms with Crippen molar-refractivity contribution < 1.29 is 4.74 Å². The highest BCUT2D eigenvalue weighted by atomic mass is 79.9. The van der Waals surface area contributed by atoms with E-state index in [2.05, 4.69) is 56.7 Å². The number of rotatable bonds is 4. The number of nitrogens with zero attached hydrogens (tertiary/aromatic N) is 2. The number of nitrogens with two attached hydrogens (primary N) is 1. The van der Waals surface area contributed by atoms with Crippen molar-refractivity contribution in [1.29, 1.82) is 0 Å². The standard InChI is InChI=1S/C16H20BrN3O/c1-11(12-2-4-14(17)5-3-12)20-10-19-8-15(20)16(18)13-6-7-21-9-13/h2-5,8,10-11,13,16H,6-7,9,18H2,1H3. The fourth-order valence-electron chi connectivity index (χ4n) is 2.88. The Bertz CT molecular complexity index is 590. The van der Waals surface area contributed by atoms with E-state index < -0.39 is 0 Å². The molecule has 0 aliphatic carbocycles. The molecule has 5 heteroatoms. The van der Waals surface area contributed by atoms with Crippen LogP contribution in [0.5, 0.6) is 0 Å². The van der Waals surface area contributed by atoms with Crippen molar-refractivity contribution in [3.05, 3.63) is 52.5 Å². The zero-order valence-corrected chi connectivity index (χ0v) is 13.7. The molecule has 2 N–H and O–H groups in total. The predicted octanol–water partition coefficient (Wildman–Crippen LogP) is 3.29. The summed E-state index contributed by atoms with van der Waals surface area (Å²) in [5, 5.41) is 0. The first-order chi connectivity index (χ1) is 10.2. The van der Waals surface area contributed by atoms with Gasteiger partial charge in [-0.25, -0.2) is 4.98 Å². The van der Waals surface area contributed by atoms with Gasteiger partial charge in [0.1, 0.15) is 0 Å². The van der Waals surface area contributed by atoms with Crippen LogP contribution in [0, 0.1) is 5.92 Å². The number of imidazole rings is 1. The lowest BCUT2D eigenvalue weighted by molar-refractivity contribution is 0.180. The van der Waals surface area contributed by atoms with E-state index in [-0.39, 0.29) is 12.1 Å². The molecular weight excluding hydrogens is 330 g/mol. The Hall–Kier alpha value is -1.17. The van der Waals surface area contributed by atoms with Gasteiger partial charge < -0.3 is 15.0 Å². The van der Waals surface area contributed by atoms with Crippen LogP contribution >= 0.6 is 15.9 Å². The summed E-state index contributed by atoms with van der Waals surface area (Å²) in [5.74, 6) is 0.387. The molecule has 0 radical (unpaired) electrons. The number of hydrogen-bond donors (Lipinski definition) is 1. The minimum Gasteiger partial charge on any atom is -0.381 e. The molecule has 1 saturated heterocycles. The third-order valence-corrected chi connectivity index (χ3v) is 4.81. The molecule has 3 atom stereocenters. The van der Waals surface area contributed by atoms with Crippen molar-refractivity contribution in [2.45, 2.75) is 25.4 Å². The van der Waals surface area contributed by atoms with Crippen LogP contribution in [-0.4, -0.2) is 22.8 Å². The molecule has 112 valence electrons. The largest absolute Gasteiger partial charge is 0.381 e. The number of halogens is 1. The lowest BCUT2D eigenvalue weighted by Gasteiger charge is -2.23. The Morgan fingerprint density at radius 2 is 2.14 bits per heavy atom. The molecule has 0 bridgehead atoms. The third kappa shape index (κ3) is 3.05. The van der Waals surface area contributed by atoms with E-state index in [1.807, 2.05) is 12.5 Å². The van der Waals surface area contributed by atoms with Gasteiger partial charge in [0, 0.05) is 23.2 Å². The van der Waals surface area contributed by atoms with Crippen LogP contribution in [0.2, 0.25) is 0 Å². The second-order valence-corrected chi connectivity index (χ2v) is 6.52.